The van der Waals surface area contributed by atoms with Gasteiger partial charge in [-0.05, 0) is 12.1 Å². The van der Waals surface area contributed by atoms with Crippen molar-refractivity contribution in [1.29, 1.82) is 0 Å². The normalized spacial score (nSPS) is 19.8. The Hall–Kier alpha value is -2.37. The van der Waals surface area contributed by atoms with Gasteiger partial charge < -0.3 is 39.5 Å². The summed E-state index contributed by atoms with van der Waals surface area (Å²) < 4.78 is 0. The Labute approximate surface area is 203 Å². The van der Waals surface area contributed by atoms with Crippen molar-refractivity contribution in [1.82, 2.24) is 0 Å². The van der Waals surface area contributed by atoms with Gasteiger partial charge in [-0.15, -0.1) is 0 Å². The summed E-state index contributed by atoms with van der Waals surface area (Å²) in [6, 6.07) is 31.1. The Morgan fingerprint density at radius 2 is 1.28 bits per heavy atom. The molecule has 0 saturated carbocycles. The van der Waals surface area contributed by atoms with Crippen molar-refractivity contribution in [3.63, 3.8) is 0 Å². The largest absolute Gasteiger partial charge is 1.00 e. The SMILES string of the molecule is CN(C(=O)C1C[NH+](Cc2ccccc2)CC[NH+]1Cc1ccccc1)c1ccccc1.[Cl-].[Cl-]. The monoisotopic (exact) mass is 471 g/mol. The molecule has 1 aliphatic heterocycles. The first-order valence-corrected chi connectivity index (χ1v) is 10.8. The van der Waals surface area contributed by atoms with Crippen LogP contribution in [0.25, 0.3) is 0 Å². The van der Waals surface area contributed by atoms with Crippen LogP contribution >= 0.6 is 0 Å². The molecule has 0 bridgehead atoms. The summed E-state index contributed by atoms with van der Waals surface area (Å²) in [6.45, 7) is 4.79. The first kappa shape index (κ1) is 25.9. The lowest BCUT2D eigenvalue weighted by Gasteiger charge is -2.37. The molecule has 0 radical (unpaired) electrons. The molecule has 170 valence electrons. The van der Waals surface area contributed by atoms with E-state index >= 15 is 0 Å². The van der Waals surface area contributed by atoms with E-state index in [2.05, 4.69) is 54.6 Å². The lowest BCUT2D eigenvalue weighted by molar-refractivity contribution is -1.04. The summed E-state index contributed by atoms with van der Waals surface area (Å²) in [5.41, 5.74) is 3.58. The number of anilines is 1. The van der Waals surface area contributed by atoms with Gasteiger partial charge in [-0.25, -0.2) is 0 Å². The standard InChI is InChI=1S/C26H29N3O.2ClH/c1-27(24-15-9-4-10-16-24)26(30)25-21-28(19-22-11-5-2-6-12-22)17-18-29(25)20-23-13-7-3-8-14-23;;/h2-16,25H,17-21H2,1H3;2*1H. The number of nitrogens with one attached hydrogen (secondary N) is 2. The van der Waals surface area contributed by atoms with Crippen molar-refractivity contribution in [3.05, 3.63) is 102 Å². The number of piperazine rings is 1. The lowest BCUT2D eigenvalue weighted by Crippen LogP contribution is -3.30. The zero-order valence-electron chi connectivity index (χ0n) is 18.4. The average Bonchev–Trinajstić information content (AvgIpc) is 2.81. The quantitative estimate of drug-likeness (QED) is 0.371. The number of hydrogen-bond acceptors (Lipinski definition) is 1. The maximum absolute atomic E-state index is 13.6. The number of rotatable bonds is 6. The summed E-state index contributed by atoms with van der Waals surface area (Å²) in [5.74, 6) is 0.206. The van der Waals surface area contributed by atoms with E-state index in [0.29, 0.717) is 0 Å². The predicted octanol–water partition coefficient (Wildman–Crippen LogP) is -4.79. The second kappa shape index (κ2) is 12.6. The fourth-order valence-corrected chi connectivity index (χ4v) is 4.44. The van der Waals surface area contributed by atoms with Gasteiger partial charge in [0.05, 0.1) is 0 Å². The number of nitrogens with zero attached hydrogens (tertiary/aromatic N) is 1. The van der Waals surface area contributed by atoms with E-state index in [4.69, 9.17) is 0 Å². The number of para-hydroxylation sites is 1. The molecule has 1 amide bonds. The minimum Gasteiger partial charge on any atom is -1.00 e. The Morgan fingerprint density at radius 1 is 0.781 bits per heavy atom. The van der Waals surface area contributed by atoms with E-state index in [9.17, 15) is 4.79 Å². The van der Waals surface area contributed by atoms with Gasteiger partial charge in [0.15, 0.2) is 0 Å². The number of carbonyl (C=O) groups excluding carboxylic acids is 1. The second-order valence-electron chi connectivity index (χ2n) is 8.22. The van der Waals surface area contributed by atoms with Crippen molar-refractivity contribution in [3.8, 4) is 0 Å². The van der Waals surface area contributed by atoms with Gasteiger partial charge in [0, 0.05) is 23.9 Å². The summed E-state index contributed by atoms with van der Waals surface area (Å²) in [6.07, 6.45) is 0. The maximum Gasteiger partial charge on any atom is 0.291 e. The molecule has 1 aliphatic rings. The van der Waals surface area contributed by atoms with Crippen LogP contribution in [0.2, 0.25) is 0 Å². The van der Waals surface area contributed by atoms with Gasteiger partial charge in [-0.3, -0.25) is 4.79 Å². The molecule has 4 nitrogen and oxygen atoms in total. The van der Waals surface area contributed by atoms with Gasteiger partial charge in [-0.2, -0.15) is 0 Å². The topological polar surface area (TPSA) is 29.2 Å². The molecule has 2 N–H and O–H groups in total. The van der Waals surface area contributed by atoms with Gasteiger partial charge in [0.1, 0.15) is 32.7 Å². The Balaban J connectivity index is 0.00000181. The van der Waals surface area contributed by atoms with Gasteiger partial charge in [-0.1, -0.05) is 78.9 Å². The van der Waals surface area contributed by atoms with Crippen LogP contribution in [0.3, 0.4) is 0 Å². The first-order valence-electron chi connectivity index (χ1n) is 10.8. The van der Waals surface area contributed by atoms with E-state index in [1.54, 1.807) is 0 Å². The summed E-state index contributed by atoms with van der Waals surface area (Å²) in [5, 5.41) is 0. The molecule has 1 saturated heterocycles. The molecule has 4 rings (SSSR count). The van der Waals surface area contributed by atoms with Crippen molar-refractivity contribution in [2.24, 2.45) is 0 Å². The molecule has 6 heteroatoms. The fourth-order valence-electron chi connectivity index (χ4n) is 4.44. The molecule has 32 heavy (non-hydrogen) atoms. The maximum atomic E-state index is 13.6. The summed E-state index contributed by atoms with van der Waals surface area (Å²) in [4.78, 5) is 18.3. The molecule has 3 unspecified atom stereocenters. The molecule has 3 aromatic rings. The number of benzene rings is 3. The lowest BCUT2D eigenvalue weighted by atomic mass is 10.1. The smallest absolute Gasteiger partial charge is 0.291 e. The predicted molar refractivity (Wildman–Crippen MR) is 120 cm³/mol. The first-order chi connectivity index (χ1) is 14.7. The zero-order chi connectivity index (χ0) is 20.8. The minimum absolute atomic E-state index is 0. The zero-order valence-corrected chi connectivity index (χ0v) is 19.9. The molecular formula is C26H31Cl2N3O. The number of quaternary nitrogens is 2. The van der Waals surface area contributed by atoms with E-state index in [-0.39, 0.29) is 36.8 Å². The van der Waals surface area contributed by atoms with Crippen LogP contribution in [0.1, 0.15) is 11.1 Å². The Bertz CT molecular complexity index is 941. The van der Waals surface area contributed by atoms with Crippen LogP contribution in [0.15, 0.2) is 91.0 Å². The van der Waals surface area contributed by atoms with Crippen LogP contribution in [0.4, 0.5) is 5.69 Å². The van der Waals surface area contributed by atoms with Crippen LogP contribution in [-0.4, -0.2) is 38.6 Å². The van der Waals surface area contributed by atoms with Crippen molar-refractivity contribution in [2.75, 3.05) is 31.6 Å². The highest BCUT2D eigenvalue weighted by Crippen LogP contribution is 2.12. The third-order valence-electron chi connectivity index (χ3n) is 6.13. The molecular weight excluding hydrogens is 441 g/mol. The fraction of sp³-hybridized carbons (Fsp3) is 0.269. The highest BCUT2D eigenvalue weighted by Gasteiger charge is 2.40. The molecule has 0 spiro atoms. The van der Waals surface area contributed by atoms with Crippen LogP contribution < -0.4 is 39.5 Å². The van der Waals surface area contributed by atoms with Gasteiger partial charge in [0.25, 0.3) is 5.91 Å². The number of halogens is 2. The van der Waals surface area contributed by atoms with Crippen LogP contribution in [0, 0.1) is 0 Å². The number of likely N-dealkylation sites (N-methyl/N-ethyl adjacent to an activating group) is 1. The van der Waals surface area contributed by atoms with E-state index in [1.807, 2.05) is 48.3 Å². The Kier molecular flexibility index (Phi) is 10.2. The highest BCUT2D eigenvalue weighted by molar-refractivity contribution is 5.95. The number of amides is 1. The number of hydrogen-bond donors (Lipinski definition) is 2. The number of carbonyl (C=O) groups is 1. The van der Waals surface area contributed by atoms with Crippen molar-refractivity contribution in [2.45, 2.75) is 19.1 Å². The molecule has 3 aromatic carbocycles. The summed E-state index contributed by atoms with van der Waals surface area (Å²) >= 11 is 0. The van der Waals surface area contributed by atoms with Crippen LogP contribution in [-0.2, 0) is 17.9 Å². The molecule has 1 fully saturated rings. The highest BCUT2D eigenvalue weighted by atomic mass is 35.5. The van der Waals surface area contributed by atoms with Gasteiger partial charge >= 0.3 is 0 Å². The van der Waals surface area contributed by atoms with E-state index in [0.717, 1.165) is 38.4 Å². The third kappa shape index (κ3) is 6.57. The molecule has 3 atom stereocenters. The molecule has 0 aliphatic carbocycles. The Morgan fingerprint density at radius 3 is 1.84 bits per heavy atom. The molecule has 1 heterocycles. The van der Waals surface area contributed by atoms with Crippen molar-refractivity contribution >= 4 is 11.6 Å². The van der Waals surface area contributed by atoms with Crippen LogP contribution in [0.5, 0.6) is 0 Å². The third-order valence-corrected chi connectivity index (χ3v) is 6.13. The van der Waals surface area contributed by atoms with Crippen molar-refractivity contribution < 1.29 is 39.4 Å². The average molecular weight is 472 g/mol. The van der Waals surface area contributed by atoms with E-state index in [1.165, 1.54) is 20.9 Å². The molecule has 0 aromatic heterocycles. The van der Waals surface area contributed by atoms with E-state index < -0.39 is 0 Å². The minimum atomic E-state index is -0.0529. The second-order valence-corrected chi connectivity index (χ2v) is 8.22. The summed E-state index contributed by atoms with van der Waals surface area (Å²) in [7, 11) is 1.91. The van der Waals surface area contributed by atoms with Gasteiger partial charge in [0.2, 0.25) is 6.04 Å².